The number of amides is 1. The van der Waals surface area contributed by atoms with Gasteiger partial charge in [-0.05, 0) is 320 Å². The molecule has 696 valence electrons. The third-order valence-electron chi connectivity index (χ3n) is 31.1. The number of likely N-dealkylation sites (tertiary alicyclic amines) is 9. The lowest BCUT2D eigenvalue weighted by molar-refractivity contribution is -0.127. The highest BCUT2D eigenvalue weighted by Crippen LogP contribution is 2.39. The first-order chi connectivity index (χ1) is 60.4. The lowest BCUT2D eigenvalue weighted by Crippen LogP contribution is -2.42. The number of pyridine rings is 1. The number of piperidine rings is 2. The van der Waals surface area contributed by atoms with Gasteiger partial charge in [0, 0.05) is 160 Å². The molecular weight excluding hydrogens is 1560 g/mol. The molecule has 1 amide bonds. The van der Waals surface area contributed by atoms with Gasteiger partial charge >= 0.3 is 0 Å². The maximum Gasteiger partial charge on any atom is 0.222 e. The van der Waals surface area contributed by atoms with Crippen LogP contribution in [0.15, 0.2) is 170 Å². The number of carbonyl (C=O) groups excluding carboxylic acids is 1. The van der Waals surface area contributed by atoms with Crippen LogP contribution in [0.25, 0.3) is 21.8 Å². The smallest absolute Gasteiger partial charge is 0.222 e. The van der Waals surface area contributed by atoms with Crippen LogP contribution in [0.4, 0.5) is 0 Å². The van der Waals surface area contributed by atoms with E-state index < -0.39 is 0 Å². The molecule has 17 nitrogen and oxygen atoms in total. The molecule has 20 rings (SSSR count). The molecule has 11 aliphatic heterocycles. The van der Waals surface area contributed by atoms with Crippen LogP contribution in [-0.2, 0) is 35.5 Å². The fraction of sp³-hybridized carbons (Fsp3) is 0.633. The largest absolute Gasteiger partial charge is 0.489 e. The first-order valence-electron chi connectivity index (χ1n) is 49.1. The molecule has 5 aromatic carbocycles. The average molecular weight is 1730 g/mol. The molecule has 19 atom stereocenters. The second-order valence-electron chi connectivity index (χ2n) is 40.3. The van der Waals surface area contributed by atoms with Gasteiger partial charge in [-0.15, -0.1) is 0 Å². The van der Waals surface area contributed by atoms with Crippen molar-refractivity contribution in [2.24, 2.45) is 17.8 Å². The number of H-pyrrole nitrogens is 1. The van der Waals surface area contributed by atoms with Crippen molar-refractivity contribution in [2.75, 3.05) is 130 Å². The summed E-state index contributed by atoms with van der Waals surface area (Å²) in [4.78, 5) is 44.6. The van der Waals surface area contributed by atoms with Gasteiger partial charge in [0.15, 0.2) is 0 Å². The molecule has 10 fully saturated rings. The molecular formula is C109H171N13O4. The number of carbonyl (C=O) groups is 1. The maximum atomic E-state index is 10.7. The number of para-hydroxylation sites is 3. The molecule has 13 heterocycles. The number of aliphatic hydroxyl groups is 1. The molecule has 0 radical (unpaired) electrons. The summed E-state index contributed by atoms with van der Waals surface area (Å²) < 4.78 is 11.8. The van der Waals surface area contributed by atoms with Crippen molar-refractivity contribution in [1.82, 2.24) is 63.9 Å². The molecule has 2 N–H and O–H groups in total. The van der Waals surface area contributed by atoms with E-state index in [0.717, 1.165) is 136 Å². The highest BCUT2D eigenvalue weighted by molar-refractivity contribution is 5.85. The minimum Gasteiger partial charge on any atom is -0.489 e. The summed E-state index contributed by atoms with van der Waals surface area (Å²) in [6.07, 6.45) is 32.7. The number of likely N-dealkylation sites (N-methyl/N-ethyl adjacent to an activating group) is 6. The number of rotatable bonds is 6. The molecule has 0 spiro atoms. The molecule has 7 aromatic rings. The number of aromatic nitrogens is 2. The van der Waals surface area contributed by atoms with E-state index in [4.69, 9.17) is 14.6 Å². The number of ether oxygens (including phenoxy) is 2. The molecule has 126 heavy (non-hydrogen) atoms. The van der Waals surface area contributed by atoms with Crippen LogP contribution in [0.2, 0.25) is 0 Å². The lowest BCUT2D eigenvalue weighted by Gasteiger charge is -2.39. The van der Waals surface area contributed by atoms with Gasteiger partial charge in [-0.25, -0.2) is 0 Å². The van der Waals surface area contributed by atoms with Gasteiger partial charge < -0.3 is 58.8 Å². The predicted molar refractivity (Wildman–Crippen MR) is 531 cm³/mol. The van der Waals surface area contributed by atoms with E-state index in [2.05, 4.69) is 320 Å². The number of hydrogen-bond donors (Lipinski definition) is 2. The van der Waals surface area contributed by atoms with Gasteiger partial charge in [0.25, 0.3) is 0 Å². The number of nitrogens with one attached hydrogen (secondary N) is 1. The van der Waals surface area contributed by atoms with Crippen LogP contribution < -0.4 is 4.74 Å². The normalized spacial score (nSPS) is 30.8. The Kier molecular flexibility index (Phi) is 40.8. The predicted octanol–water partition coefficient (Wildman–Crippen LogP) is 19.5. The van der Waals surface area contributed by atoms with Crippen molar-refractivity contribution in [3.8, 4) is 5.75 Å². The number of hydrogen-bond acceptors (Lipinski definition) is 15. The Labute approximate surface area is 765 Å². The number of nitrogens with zero attached hydrogens (tertiary/aromatic N) is 12. The van der Waals surface area contributed by atoms with Crippen molar-refractivity contribution >= 4 is 27.7 Å². The van der Waals surface area contributed by atoms with Gasteiger partial charge in [-0.1, -0.05) is 159 Å². The summed E-state index contributed by atoms with van der Waals surface area (Å²) in [5.74, 6) is 4.64. The molecule has 2 aromatic heterocycles. The van der Waals surface area contributed by atoms with E-state index >= 15 is 0 Å². The van der Waals surface area contributed by atoms with Crippen LogP contribution >= 0.6 is 0 Å². The Morgan fingerprint density at radius 3 is 1.63 bits per heavy atom. The highest BCUT2D eigenvalue weighted by Gasteiger charge is 2.38. The molecule has 17 heteroatoms. The van der Waals surface area contributed by atoms with Crippen LogP contribution in [0.3, 0.4) is 0 Å². The van der Waals surface area contributed by atoms with Crippen molar-refractivity contribution in [1.29, 1.82) is 0 Å². The molecule has 13 aliphatic rings. The van der Waals surface area contributed by atoms with Crippen LogP contribution in [0.5, 0.6) is 5.75 Å². The second-order valence-corrected chi connectivity index (χ2v) is 40.3. The number of fused-ring (bicyclic) bond motifs is 7. The molecule has 0 bridgehead atoms. The zero-order chi connectivity index (χ0) is 90.7. The lowest BCUT2D eigenvalue weighted by atomic mass is 9.80. The molecule has 2 aliphatic carbocycles. The van der Waals surface area contributed by atoms with E-state index in [9.17, 15) is 4.79 Å². The van der Waals surface area contributed by atoms with Gasteiger partial charge in [-0.2, -0.15) is 0 Å². The van der Waals surface area contributed by atoms with E-state index in [1.807, 2.05) is 62.6 Å². The van der Waals surface area contributed by atoms with E-state index in [1.165, 1.54) is 154 Å². The Morgan fingerprint density at radius 2 is 1.05 bits per heavy atom. The van der Waals surface area contributed by atoms with Crippen LogP contribution in [0, 0.1) is 17.8 Å². The van der Waals surface area contributed by atoms with Crippen LogP contribution in [-0.4, -0.2) is 290 Å². The molecule has 1 saturated carbocycles. The van der Waals surface area contributed by atoms with Crippen molar-refractivity contribution in [3.05, 3.63) is 204 Å². The Hall–Kier alpha value is -6.68. The number of β-amino-alcohol motifs (C(OH)–C–C–N with tert-alkyl or cyclic N) is 1. The third-order valence-corrected chi connectivity index (χ3v) is 31.1. The highest BCUT2D eigenvalue weighted by atomic mass is 16.5. The number of allylic oxidation sites excluding steroid dienone is 3. The van der Waals surface area contributed by atoms with Crippen molar-refractivity contribution in [3.63, 3.8) is 0 Å². The summed E-state index contributed by atoms with van der Waals surface area (Å²) in [6.45, 7) is 35.7. The standard InChI is InChI=1S/C16H20N2O.C13H16N2.C12H17NO.C12H17N.C11H17N.C11H15N.C10H19N.C7H15N.C6H13NO.C6H11NO.C5H11N/c1-12-9-15(10-18(12)2)19-11-14-8-7-13-5-3-4-6-16(13)17-14;1-9-7-11-10-5-3-4-6-12(10)14-13(11)8-15(9)2;1-10-8-12(9-13(10)2)14-11-6-4-3-5-7-11;1-10-12(8-9-13(10)2)11-6-4-3-5-7-11;1-9-7-10-5-3-4-6-11(10)8-12(9)2;1-9-11-6-4-3-5-10(11)7-8-12(9)2;1-8-7-9-5-3-4-6-10(9)11(8)2;1-7-5-3-4-6-8(7)2;1-5-3-6(8)4-7(5)2;1-5-3-4-6(8)7(5)2;1-5-3-4-6(5)2/h3-8,12,15H,9-11H2,1-2H3;3-6,9,14H,7-8H2,1-2H3;3-7,10,12H,8-9H2,1-2H3;3-7,10,12H,8-9H2,1-2H3;3-6,9-11H,7-8H2,1-2H3;3-6,9H,7-8H2,1-2H3;8-10H,3-7H2,1-2H3;7H,3-6H2,1-2H3;5-6,8H,3-4H2,1-2H3;5H,3-4H2,1-2H3;5H,3-4H2,1-2H3. The zero-order valence-corrected chi connectivity index (χ0v) is 82.5. The minimum absolute atomic E-state index is 0.0741. The van der Waals surface area contributed by atoms with Gasteiger partial charge in [0.1, 0.15) is 11.9 Å². The summed E-state index contributed by atoms with van der Waals surface area (Å²) in [5.41, 5.74) is 10.8. The second kappa shape index (κ2) is 50.6. The quantitative estimate of drug-likeness (QED) is 0.164. The first-order valence-corrected chi connectivity index (χ1v) is 49.1. The Bertz CT molecular complexity index is 4280. The SMILES string of the molecule is CC1C(c2ccccc2)CCN1C.CC1CC(O)CN1C.CC1CC(OCc2ccc3ccccc3n2)CN1C.CC1CC(Oc2ccccc2)CN1C.CC1CC2C=CC=CC2CN1C.CC1CC2CCCCC2N1C.CC1CCC(=O)N1C.CC1CCCCN1C.CC1CCN1C.CC1Cc2c([nH]c3ccccc23)CN1C.CC1c2ccccc2CCN1C. The average Bonchev–Trinajstić information content (AvgIpc) is 1.62. The summed E-state index contributed by atoms with van der Waals surface area (Å²) >= 11 is 0. The Morgan fingerprint density at radius 1 is 0.452 bits per heavy atom. The monoisotopic (exact) mass is 1730 g/mol. The number of benzene rings is 5. The third kappa shape index (κ3) is 30.2. The van der Waals surface area contributed by atoms with E-state index in [1.54, 1.807) is 4.90 Å². The van der Waals surface area contributed by atoms with E-state index in [0.29, 0.717) is 61.1 Å². The van der Waals surface area contributed by atoms with Crippen LogP contribution in [0.1, 0.15) is 224 Å². The summed E-state index contributed by atoms with van der Waals surface area (Å²) in [7, 11) is 23.7. The molecule has 19 unspecified atom stereocenters. The van der Waals surface area contributed by atoms with Gasteiger partial charge in [0.05, 0.1) is 30.0 Å². The first kappa shape index (κ1) is 101. The minimum atomic E-state index is -0.0741. The fourth-order valence-corrected chi connectivity index (χ4v) is 20.3. The van der Waals surface area contributed by atoms with E-state index in [-0.39, 0.29) is 12.0 Å². The number of aliphatic hydroxyl groups excluding tert-OH is 1. The number of aromatic amines is 1. The van der Waals surface area contributed by atoms with Crippen molar-refractivity contribution < 1.29 is 19.4 Å². The Balaban J connectivity index is 0.000000146. The summed E-state index contributed by atoms with van der Waals surface area (Å²) in [6, 6.07) is 59.2. The summed E-state index contributed by atoms with van der Waals surface area (Å²) in [5, 5.41) is 11.6. The zero-order valence-electron chi connectivity index (χ0n) is 82.5. The van der Waals surface area contributed by atoms with Crippen molar-refractivity contribution in [2.45, 2.75) is 302 Å². The topological polar surface area (TPSA) is 120 Å². The van der Waals surface area contributed by atoms with Gasteiger partial charge in [0.2, 0.25) is 5.91 Å². The molecule has 9 saturated heterocycles. The maximum absolute atomic E-state index is 10.7. The van der Waals surface area contributed by atoms with Gasteiger partial charge in [-0.3, -0.25) is 24.5 Å². The fourth-order valence-electron chi connectivity index (χ4n) is 20.3.